The Balaban J connectivity index is 2.07. The lowest BCUT2D eigenvalue weighted by molar-refractivity contribution is 0.100. The van der Waals surface area contributed by atoms with Crippen LogP contribution in [0, 0.1) is 13.8 Å². The SMILES string of the molecule is Cc1ccc(O)c(C)c1-n1c(N)c(C(N)=O)c2ncc(Cc3cn[nH]c3)cc2c1=O. The number of aryl methyl sites for hydroxylation is 1. The number of nitrogens with zero attached hydrogens (tertiary/aromatic N) is 3. The second kappa shape index (κ2) is 7.03. The largest absolute Gasteiger partial charge is 0.508 e. The molecule has 3 heterocycles. The average molecular weight is 404 g/mol. The van der Waals surface area contributed by atoms with Gasteiger partial charge < -0.3 is 16.6 Å². The second-order valence-electron chi connectivity index (χ2n) is 7.16. The third-order valence-corrected chi connectivity index (χ3v) is 5.15. The smallest absolute Gasteiger partial charge is 0.266 e. The number of hydrogen-bond acceptors (Lipinski definition) is 6. The van der Waals surface area contributed by atoms with E-state index in [0.717, 1.165) is 11.1 Å². The zero-order chi connectivity index (χ0) is 21.6. The number of nitrogens with two attached hydrogens (primary N) is 2. The quantitative estimate of drug-likeness (QED) is 0.406. The summed E-state index contributed by atoms with van der Waals surface area (Å²) in [6.45, 7) is 3.46. The topological polar surface area (TPSA) is 153 Å². The van der Waals surface area contributed by atoms with Crippen LogP contribution >= 0.6 is 0 Å². The molecular formula is C21H20N6O3. The van der Waals surface area contributed by atoms with E-state index in [1.165, 1.54) is 10.6 Å². The van der Waals surface area contributed by atoms with Crippen molar-refractivity contribution in [2.45, 2.75) is 20.3 Å². The van der Waals surface area contributed by atoms with E-state index >= 15 is 0 Å². The zero-order valence-corrected chi connectivity index (χ0v) is 16.4. The molecule has 3 aromatic heterocycles. The van der Waals surface area contributed by atoms with Gasteiger partial charge in [-0.2, -0.15) is 5.10 Å². The molecule has 0 aliphatic rings. The Bertz CT molecular complexity index is 1360. The summed E-state index contributed by atoms with van der Waals surface area (Å²) in [4.78, 5) is 30.0. The molecule has 0 fully saturated rings. The highest BCUT2D eigenvalue weighted by molar-refractivity contribution is 6.08. The lowest BCUT2D eigenvalue weighted by Gasteiger charge is -2.19. The fourth-order valence-electron chi connectivity index (χ4n) is 3.67. The van der Waals surface area contributed by atoms with Crippen LogP contribution in [-0.4, -0.2) is 30.8 Å². The lowest BCUT2D eigenvalue weighted by atomic mass is 10.0. The van der Waals surface area contributed by atoms with Crippen molar-refractivity contribution >= 4 is 22.6 Å². The summed E-state index contributed by atoms with van der Waals surface area (Å²) in [5, 5.41) is 17.0. The molecular weight excluding hydrogens is 384 g/mol. The van der Waals surface area contributed by atoms with Gasteiger partial charge in [0.15, 0.2) is 0 Å². The van der Waals surface area contributed by atoms with Crippen LogP contribution in [0.3, 0.4) is 0 Å². The summed E-state index contributed by atoms with van der Waals surface area (Å²) >= 11 is 0. The maximum Gasteiger partial charge on any atom is 0.266 e. The lowest BCUT2D eigenvalue weighted by Crippen LogP contribution is -2.28. The number of pyridine rings is 2. The van der Waals surface area contributed by atoms with Crippen LogP contribution in [0.1, 0.15) is 32.6 Å². The van der Waals surface area contributed by atoms with Gasteiger partial charge in [-0.1, -0.05) is 6.07 Å². The van der Waals surface area contributed by atoms with Crippen molar-refractivity contribution in [1.29, 1.82) is 0 Å². The summed E-state index contributed by atoms with van der Waals surface area (Å²) in [5.74, 6) is -0.905. The van der Waals surface area contributed by atoms with Gasteiger partial charge in [0.25, 0.3) is 11.5 Å². The van der Waals surface area contributed by atoms with Crippen LogP contribution in [0.2, 0.25) is 0 Å². The molecule has 0 bridgehead atoms. The minimum atomic E-state index is -0.795. The Kier molecular flexibility index (Phi) is 4.50. The number of nitrogen functional groups attached to an aromatic ring is 1. The monoisotopic (exact) mass is 404 g/mol. The van der Waals surface area contributed by atoms with Gasteiger partial charge in [0.1, 0.15) is 17.1 Å². The Morgan fingerprint density at radius 2 is 2.00 bits per heavy atom. The number of aromatic amines is 1. The Labute approximate surface area is 171 Å². The summed E-state index contributed by atoms with van der Waals surface area (Å²) in [5.41, 5.74) is 14.7. The predicted molar refractivity (Wildman–Crippen MR) is 113 cm³/mol. The number of anilines is 1. The number of carbonyl (C=O) groups is 1. The van der Waals surface area contributed by atoms with Gasteiger partial charge in [-0.15, -0.1) is 0 Å². The van der Waals surface area contributed by atoms with E-state index in [1.54, 1.807) is 44.6 Å². The van der Waals surface area contributed by atoms with Crippen molar-refractivity contribution in [1.82, 2.24) is 19.7 Å². The minimum absolute atomic E-state index is 0.00876. The van der Waals surface area contributed by atoms with E-state index in [1.807, 2.05) is 0 Å². The van der Waals surface area contributed by atoms with Crippen LogP contribution in [-0.2, 0) is 6.42 Å². The van der Waals surface area contributed by atoms with Gasteiger partial charge in [0.2, 0.25) is 0 Å². The molecule has 4 rings (SSSR count). The average Bonchev–Trinajstić information content (AvgIpc) is 3.21. The zero-order valence-electron chi connectivity index (χ0n) is 16.4. The number of amides is 1. The normalized spacial score (nSPS) is 11.1. The third kappa shape index (κ3) is 2.96. The number of phenols is 1. The van der Waals surface area contributed by atoms with Gasteiger partial charge >= 0.3 is 0 Å². The van der Waals surface area contributed by atoms with Crippen molar-refractivity contribution in [2.24, 2.45) is 5.73 Å². The first-order valence-corrected chi connectivity index (χ1v) is 9.19. The molecule has 9 nitrogen and oxygen atoms in total. The molecule has 0 aliphatic carbocycles. The van der Waals surface area contributed by atoms with E-state index in [9.17, 15) is 14.7 Å². The van der Waals surface area contributed by atoms with Gasteiger partial charge in [-0.3, -0.25) is 24.2 Å². The van der Waals surface area contributed by atoms with Gasteiger partial charge in [-0.25, -0.2) is 0 Å². The standard InChI is InChI=1S/C21H20N6O3/c1-10-3-4-15(28)11(2)18(10)27-19(22)16(20(23)29)17-14(21(27)30)6-12(7-24-17)5-13-8-25-26-9-13/h3-4,6-9,28H,5,22H2,1-2H3,(H2,23,29)(H,25,26). The molecule has 0 atom stereocenters. The highest BCUT2D eigenvalue weighted by Crippen LogP contribution is 2.30. The molecule has 0 saturated carbocycles. The highest BCUT2D eigenvalue weighted by atomic mass is 16.3. The van der Waals surface area contributed by atoms with Gasteiger partial charge in [0.05, 0.1) is 22.8 Å². The molecule has 0 unspecified atom stereocenters. The van der Waals surface area contributed by atoms with E-state index in [2.05, 4.69) is 15.2 Å². The molecule has 1 amide bonds. The number of nitrogens with one attached hydrogen (secondary N) is 1. The van der Waals surface area contributed by atoms with Crippen LogP contribution in [0.15, 0.2) is 41.6 Å². The van der Waals surface area contributed by atoms with E-state index in [4.69, 9.17) is 11.5 Å². The molecule has 4 aromatic rings. The third-order valence-electron chi connectivity index (χ3n) is 5.15. The molecule has 0 saturated heterocycles. The summed E-state index contributed by atoms with van der Waals surface area (Å²) in [6.07, 6.45) is 5.51. The number of aromatic nitrogens is 4. The fraction of sp³-hybridized carbons (Fsp3) is 0.143. The predicted octanol–water partition coefficient (Wildman–Crippen LogP) is 1.70. The number of H-pyrrole nitrogens is 1. The molecule has 152 valence electrons. The first-order valence-electron chi connectivity index (χ1n) is 9.19. The Morgan fingerprint density at radius 3 is 2.67 bits per heavy atom. The Morgan fingerprint density at radius 1 is 1.23 bits per heavy atom. The number of carbonyl (C=O) groups excluding carboxylic acids is 1. The first kappa shape index (κ1) is 19.2. The number of aromatic hydroxyl groups is 1. The van der Waals surface area contributed by atoms with Gasteiger partial charge in [0, 0.05) is 24.4 Å². The van der Waals surface area contributed by atoms with Crippen LogP contribution < -0.4 is 17.0 Å². The number of benzene rings is 1. The molecule has 6 N–H and O–H groups in total. The summed E-state index contributed by atoms with van der Waals surface area (Å²) < 4.78 is 1.22. The van der Waals surface area contributed by atoms with E-state index in [-0.39, 0.29) is 28.0 Å². The van der Waals surface area contributed by atoms with Crippen molar-refractivity contribution in [2.75, 3.05) is 5.73 Å². The van der Waals surface area contributed by atoms with Crippen LogP contribution in [0.5, 0.6) is 5.75 Å². The molecule has 0 aliphatic heterocycles. The maximum absolute atomic E-state index is 13.5. The van der Waals surface area contributed by atoms with Crippen molar-refractivity contribution in [3.8, 4) is 11.4 Å². The molecule has 0 radical (unpaired) electrons. The maximum atomic E-state index is 13.5. The number of fused-ring (bicyclic) bond motifs is 1. The molecule has 0 spiro atoms. The van der Waals surface area contributed by atoms with Gasteiger partial charge in [-0.05, 0) is 42.7 Å². The highest BCUT2D eigenvalue weighted by Gasteiger charge is 2.23. The van der Waals surface area contributed by atoms with Crippen LogP contribution in [0.25, 0.3) is 16.6 Å². The first-order chi connectivity index (χ1) is 14.3. The summed E-state index contributed by atoms with van der Waals surface area (Å²) in [6, 6.07) is 4.88. The molecule has 30 heavy (non-hydrogen) atoms. The van der Waals surface area contributed by atoms with Crippen LogP contribution in [0.4, 0.5) is 5.82 Å². The minimum Gasteiger partial charge on any atom is -0.508 e. The fourth-order valence-corrected chi connectivity index (χ4v) is 3.67. The van der Waals surface area contributed by atoms with Crippen molar-refractivity contribution in [3.05, 3.63) is 75.0 Å². The van der Waals surface area contributed by atoms with E-state index < -0.39 is 11.5 Å². The number of hydrogen-bond donors (Lipinski definition) is 4. The number of rotatable bonds is 4. The van der Waals surface area contributed by atoms with E-state index in [0.29, 0.717) is 23.2 Å². The van der Waals surface area contributed by atoms with Crippen molar-refractivity contribution in [3.63, 3.8) is 0 Å². The summed E-state index contributed by atoms with van der Waals surface area (Å²) in [7, 11) is 0. The number of phenolic OH excluding ortho intramolecular Hbond substituents is 1. The van der Waals surface area contributed by atoms with Crippen molar-refractivity contribution < 1.29 is 9.90 Å². The number of primary amides is 1. The second-order valence-corrected chi connectivity index (χ2v) is 7.16. The Hall–Kier alpha value is -4.14. The molecule has 1 aromatic carbocycles. The molecule has 9 heteroatoms.